The van der Waals surface area contributed by atoms with Gasteiger partial charge >= 0.3 is 5.97 Å². The van der Waals surface area contributed by atoms with E-state index in [2.05, 4.69) is 0 Å². The summed E-state index contributed by atoms with van der Waals surface area (Å²) in [5.74, 6) is -0.515. The van der Waals surface area contributed by atoms with Gasteiger partial charge in [0.15, 0.2) is 5.78 Å². The number of rotatable bonds is 3. The molecule has 0 atom stereocenters. The number of carbonyl (C=O) groups is 2. The third-order valence-corrected chi connectivity index (χ3v) is 4.23. The second-order valence-corrected chi connectivity index (χ2v) is 5.43. The first-order valence-corrected chi connectivity index (χ1v) is 7.28. The van der Waals surface area contributed by atoms with E-state index >= 15 is 0 Å². The second kappa shape index (κ2) is 5.50. The molecule has 0 radical (unpaired) electrons. The molecule has 104 valence electrons. The summed E-state index contributed by atoms with van der Waals surface area (Å²) >= 11 is 1.43. The highest BCUT2D eigenvalue weighted by Crippen LogP contribution is 2.31. The Labute approximate surface area is 125 Å². The van der Waals surface area contributed by atoms with Crippen LogP contribution in [0.2, 0.25) is 0 Å². The molecule has 0 unspecified atom stereocenters. The Morgan fingerprint density at radius 1 is 0.952 bits per heavy atom. The number of ketones is 1. The third kappa shape index (κ3) is 2.34. The lowest BCUT2D eigenvalue weighted by Crippen LogP contribution is -2.05. The Bertz CT molecular complexity index is 818. The summed E-state index contributed by atoms with van der Waals surface area (Å²) in [7, 11) is 1.34. The SMILES string of the molecule is COC(=O)c1csc2cccc(C(=O)c3ccccc3)c12. The van der Waals surface area contributed by atoms with Gasteiger partial charge in [-0.05, 0) is 6.07 Å². The monoisotopic (exact) mass is 296 g/mol. The van der Waals surface area contributed by atoms with E-state index in [0.29, 0.717) is 22.1 Å². The highest BCUT2D eigenvalue weighted by Gasteiger charge is 2.19. The van der Waals surface area contributed by atoms with Gasteiger partial charge in [0.1, 0.15) is 0 Å². The van der Waals surface area contributed by atoms with Crippen LogP contribution in [0.4, 0.5) is 0 Å². The first-order chi connectivity index (χ1) is 10.2. The van der Waals surface area contributed by atoms with Gasteiger partial charge in [-0.2, -0.15) is 0 Å². The Kier molecular flexibility index (Phi) is 3.54. The lowest BCUT2D eigenvalue weighted by Gasteiger charge is -2.05. The van der Waals surface area contributed by atoms with Crippen molar-refractivity contribution in [3.63, 3.8) is 0 Å². The molecule has 0 N–H and O–H groups in total. The maximum Gasteiger partial charge on any atom is 0.339 e. The van der Waals surface area contributed by atoms with Gasteiger partial charge in [0.25, 0.3) is 0 Å². The fourth-order valence-corrected chi connectivity index (χ4v) is 3.24. The van der Waals surface area contributed by atoms with Gasteiger partial charge in [-0.1, -0.05) is 42.5 Å². The van der Waals surface area contributed by atoms with Crippen LogP contribution in [0.15, 0.2) is 53.9 Å². The van der Waals surface area contributed by atoms with Crippen LogP contribution in [0.5, 0.6) is 0 Å². The van der Waals surface area contributed by atoms with Crippen molar-refractivity contribution in [1.29, 1.82) is 0 Å². The van der Waals surface area contributed by atoms with Crippen LogP contribution in [0, 0.1) is 0 Å². The quantitative estimate of drug-likeness (QED) is 0.543. The van der Waals surface area contributed by atoms with Crippen molar-refractivity contribution in [2.45, 2.75) is 0 Å². The molecule has 0 aliphatic rings. The molecule has 3 nitrogen and oxygen atoms in total. The molecule has 3 rings (SSSR count). The summed E-state index contributed by atoms with van der Waals surface area (Å²) in [6.45, 7) is 0. The van der Waals surface area contributed by atoms with E-state index in [1.54, 1.807) is 23.6 Å². The number of benzene rings is 2. The van der Waals surface area contributed by atoms with Crippen molar-refractivity contribution in [3.8, 4) is 0 Å². The minimum atomic E-state index is -0.422. The van der Waals surface area contributed by atoms with Gasteiger partial charge in [-0.15, -0.1) is 11.3 Å². The van der Waals surface area contributed by atoms with Crippen molar-refractivity contribution < 1.29 is 14.3 Å². The number of esters is 1. The van der Waals surface area contributed by atoms with E-state index < -0.39 is 5.97 Å². The van der Waals surface area contributed by atoms with E-state index in [4.69, 9.17) is 4.74 Å². The first-order valence-electron chi connectivity index (χ1n) is 6.40. The van der Waals surface area contributed by atoms with Crippen molar-refractivity contribution in [1.82, 2.24) is 0 Å². The fourth-order valence-electron chi connectivity index (χ4n) is 2.28. The minimum Gasteiger partial charge on any atom is -0.465 e. The highest BCUT2D eigenvalue weighted by atomic mass is 32.1. The van der Waals surface area contributed by atoms with Crippen LogP contribution in [0.25, 0.3) is 10.1 Å². The van der Waals surface area contributed by atoms with Crippen LogP contribution in [-0.4, -0.2) is 18.9 Å². The van der Waals surface area contributed by atoms with Crippen LogP contribution >= 0.6 is 11.3 Å². The highest BCUT2D eigenvalue weighted by molar-refractivity contribution is 7.17. The summed E-state index contributed by atoms with van der Waals surface area (Å²) in [6.07, 6.45) is 0. The molecule has 4 heteroatoms. The van der Waals surface area contributed by atoms with E-state index in [-0.39, 0.29) is 5.78 Å². The summed E-state index contributed by atoms with van der Waals surface area (Å²) in [6, 6.07) is 14.5. The largest absolute Gasteiger partial charge is 0.465 e. The molecule has 2 aromatic carbocycles. The zero-order valence-corrected chi connectivity index (χ0v) is 12.1. The smallest absolute Gasteiger partial charge is 0.339 e. The minimum absolute atomic E-state index is 0.0928. The summed E-state index contributed by atoms with van der Waals surface area (Å²) < 4.78 is 5.70. The standard InChI is InChI=1S/C17H12O3S/c1-20-17(19)13-10-21-14-9-5-8-12(15(13)14)16(18)11-6-3-2-4-7-11/h2-10H,1H3. The molecule has 0 saturated carbocycles. The molecule has 1 heterocycles. The summed E-state index contributed by atoms with van der Waals surface area (Å²) in [5.41, 5.74) is 1.57. The topological polar surface area (TPSA) is 43.4 Å². The molecule has 0 spiro atoms. The molecular weight excluding hydrogens is 284 g/mol. The fraction of sp³-hybridized carbons (Fsp3) is 0.0588. The zero-order chi connectivity index (χ0) is 14.8. The van der Waals surface area contributed by atoms with Gasteiger partial charge in [-0.25, -0.2) is 4.79 Å². The third-order valence-electron chi connectivity index (χ3n) is 3.29. The number of thiophene rings is 1. The maximum atomic E-state index is 12.7. The second-order valence-electron chi connectivity index (χ2n) is 4.51. The summed E-state index contributed by atoms with van der Waals surface area (Å²) in [5, 5.41) is 2.40. The van der Waals surface area contributed by atoms with Gasteiger partial charge in [0, 0.05) is 26.6 Å². The Hall–Kier alpha value is -2.46. The molecule has 0 amide bonds. The van der Waals surface area contributed by atoms with E-state index in [1.807, 2.05) is 30.3 Å². The van der Waals surface area contributed by atoms with E-state index in [1.165, 1.54) is 18.4 Å². The van der Waals surface area contributed by atoms with Crippen LogP contribution in [-0.2, 0) is 4.74 Å². The maximum absolute atomic E-state index is 12.7. The van der Waals surface area contributed by atoms with Crippen molar-refractivity contribution >= 4 is 33.2 Å². The van der Waals surface area contributed by atoms with E-state index in [9.17, 15) is 9.59 Å². The molecule has 3 aromatic rings. The number of ether oxygens (including phenoxy) is 1. The predicted molar refractivity (Wildman–Crippen MR) is 83.0 cm³/mol. The predicted octanol–water partition coefficient (Wildman–Crippen LogP) is 3.92. The van der Waals surface area contributed by atoms with Crippen molar-refractivity contribution in [2.75, 3.05) is 7.11 Å². The molecular formula is C17H12O3S. The Morgan fingerprint density at radius 3 is 2.43 bits per heavy atom. The van der Waals surface area contributed by atoms with Gasteiger partial charge < -0.3 is 4.74 Å². The number of carbonyl (C=O) groups excluding carboxylic acids is 2. The van der Waals surface area contributed by atoms with Crippen molar-refractivity contribution in [3.05, 3.63) is 70.6 Å². The average molecular weight is 296 g/mol. The normalized spacial score (nSPS) is 10.5. The average Bonchev–Trinajstić information content (AvgIpc) is 2.98. The zero-order valence-electron chi connectivity index (χ0n) is 11.3. The van der Waals surface area contributed by atoms with Gasteiger partial charge in [0.05, 0.1) is 12.7 Å². The number of hydrogen-bond acceptors (Lipinski definition) is 4. The van der Waals surface area contributed by atoms with Gasteiger partial charge in [0.2, 0.25) is 0 Å². The van der Waals surface area contributed by atoms with Gasteiger partial charge in [-0.3, -0.25) is 4.79 Å². The number of methoxy groups -OCH3 is 1. The molecule has 0 aliphatic heterocycles. The summed E-state index contributed by atoms with van der Waals surface area (Å²) in [4.78, 5) is 24.5. The molecule has 0 aliphatic carbocycles. The molecule has 21 heavy (non-hydrogen) atoms. The molecule has 0 bridgehead atoms. The van der Waals surface area contributed by atoms with E-state index in [0.717, 1.165) is 4.70 Å². The van der Waals surface area contributed by atoms with Crippen LogP contribution in [0.1, 0.15) is 26.3 Å². The molecule has 0 saturated heterocycles. The molecule has 1 aromatic heterocycles. The Morgan fingerprint density at radius 2 is 1.71 bits per heavy atom. The lowest BCUT2D eigenvalue weighted by atomic mass is 9.98. The number of fused-ring (bicyclic) bond motifs is 1. The molecule has 0 fully saturated rings. The van der Waals surface area contributed by atoms with Crippen LogP contribution in [0.3, 0.4) is 0 Å². The van der Waals surface area contributed by atoms with Crippen LogP contribution < -0.4 is 0 Å². The lowest BCUT2D eigenvalue weighted by molar-refractivity contribution is 0.0603. The first kappa shape index (κ1) is 13.5. The number of hydrogen-bond donors (Lipinski definition) is 0. The van der Waals surface area contributed by atoms with Crippen molar-refractivity contribution in [2.24, 2.45) is 0 Å². The Balaban J connectivity index is 2.21.